The Morgan fingerprint density at radius 2 is 1.90 bits per heavy atom. The SMILES string of the molecule is CC(C)CN1CCN(Cc2ccc(C(=O)O)cn2)CC1. The van der Waals surface area contributed by atoms with Gasteiger partial charge in [0.15, 0.2) is 0 Å². The fourth-order valence-corrected chi connectivity index (χ4v) is 2.52. The second-order valence-corrected chi connectivity index (χ2v) is 5.81. The van der Waals surface area contributed by atoms with Crippen molar-refractivity contribution in [2.75, 3.05) is 32.7 Å². The van der Waals surface area contributed by atoms with Crippen LogP contribution in [0.3, 0.4) is 0 Å². The van der Waals surface area contributed by atoms with Crippen LogP contribution in [0.15, 0.2) is 18.3 Å². The van der Waals surface area contributed by atoms with Gasteiger partial charge in [-0.05, 0) is 18.1 Å². The molecule has 0 aliphatic carbocycles. The summed E-state index contributed by atoms with van der Waals surface area (Å²) in [5.41, 5.74) is 1.18. The Bertz CT molecular complexity index is 437. The number of pyridine rings is 1. The summed E-state index contributed by atoms with van der Waals surface area (Å²) in [4.78, 5) is 19.9. The number of aromatic carboxylic acids is 1. The summed E-state index contributed by atoms with van der Waals surface area (Å²) in [5.74, 6) is -0.210. The van der Waals surface area contributed by atoms with Gasteiger partial charge < -0.3 is 10.0 Å². The van der Waals surface area contributed by atoms with Crippen LogP contribution in [-0.2, 0) is 6.54 Å². The minimum atomic E-state index is -0.925. The van der Waals surface area contributed by atoms with Crippen LogP contribution in [-0.4, -0.2) is 58.6 Å². The van der Waals surface area contributed by atoms with Crippen LogP contribution in [0.25, 0.3) is 0 Å². The lowest BCUT2D eigenvalue weighted by atomic mass is 10.2. The van der Waals surface area contributed by atoms with Crippen molar-refractivity contribution in [2.24, 2.45) is 5.92 Å². The molecule has 0 radical (unpaired) electrons. The molecule has 20 heavy (non-hydrogen) atoms. The topological polar surface area (TPSA) is 56.7 Å². The third-order valence-corrected chi connectivity index (χ3v) is 3.55. The van der Waals surface area contributed by atoms with E-state index < -0.39 is 5.97 Å². The third kappa shape index (κ3) is 4.28. The first-order valence-corrected chi connectivity index (χ1v) is 7.17. The number of carboxylic acids is 1. The molecule has 5 nitrogen and oxygen atoms in total. The first-order chi connectivity index (χ1) is 9.54. The van der Waals surface area contributed by atoms with E-state index in [4.69, 9.17) is 5.11 Å². The Labute approximate surface area is 120 Å². The molecule has 1 aromatic rings. The molecule has 0 amide bonds. The molecule has 0 spiro atoms. The van der Waals surface area contributed by atoms with Gasteiger partial charge >= 0.3 is 5.97 Å². The van der Waals surface area contributed by atoms with Crippen molar-refractivity contribution in [3.8, 4) is 0 Å². The van der Waals surface area contributed by atoms with E-state index in [0.29, 0.717) is 5.92 Å². The maximum atomic E-state index is 10.8. The van der Waals surface area contributed by atoms with Gasteiger partial charge in [0.2, 0.25) is 0 Å². The first-order valence-electron chi connectivity index (χ1n) is 7.17. The highest BCUT2D eigenvalue weighted by atomic mass is 16.4. The Kier molecular flexibility index (Phi) is 5.09. The lowest BCUT2D eigenvalue weighted by Crippen LogP contribution is -2.46. The smallest absolute Gasteiger partial charge is 0.337 e. The van der Waals surface area contributed by atoms with Crippen molar-refractivity contribution in [1.82, 2.24) is 14.8 Å². The van der Waals surface area contributed by atoms with Gasteiger partial charge in [0, 0.05) is 45.5 Å². The number of carboxylic acid groups (broad SMARTS) is 1. The van der Waals surface area contributed by atoms with Crippen molar-refractivity contribution in [1.29, 1.82) is 0 Å². The summed E-state index contributed by atoms with van der Waals surface area (Å²) >= 11 is 0. The fraction of sp³-hybridized carbons (Fsp3) is 0.600. The molecule has 0 aromatic carbocycles. The number of hydrogen-bond acceptors (Lipinski definition) is 4. The average Bonchev–Trinajstić information content (AvgIpc) is 2.41. The number of carbonyl (C=O) groups is 1. The Balaban J connectivity index is 1.81. The van der Waals surface area contributed by atoms with E-state index in [0.717, 1.165) is 38.4 Å². The van der Waals surface area contributed by atoms with Gasteiger partial charge in [-0.2, -0.15) is 0 Å². The molecule has 1 aliphatic rings. The fourth-order valence-electron chi connectivity index (χ4n) is 2.52. The summed E-state index contributed by atoms with van der Waals surface area (Å²) < 4.78 is 0. The molecule has 1 saturated heterocycles. The normalized spacial score (nSPS) is 17.6. The number of rotatable bonds is 5. The predicted octanol–water partition coefficient (Wildman–Crippen LogP) is 1.55. The largest absolute Gasteiger partial charge is 0.478 e. The molecule has 2 heterocycles. The molecule has 0 saturated carbocycles. The van der Waals surface area contributed by atoms with Crippen LogP contribution in [0.2, 0.25) is 0 Å². The number of aromatic nitrogens is 1. The van der Waals surface area contributed by atoms with Crippen molar-refractivity contribution in [3.63, 3.8) is 0 Å². The predicted molar refractivity (Wildman–Crippen MR) is 77.8 cm³/mol. The third-order valence-electron chi connectivity index (χ3n) is 3.55. The second-order valence-electron chi connectivity index (χ2n) is 5.81. The summed E-state index contributed by atoms with van der Waals surface area (Å²) in [6, 6.07) is 3.43. The highest BCUT2D eigenvalue weighted by Crippen LogP contribution is 2.09. The Morgan fingerprint density at radius 1 is 1.25 bits per heavy atom. The average molecular weight is 277 g/mol. The summed E-state index contributed by atoms with van der Waals surface area (Å²) in [5, 5.41) is 8.84. The molecule has 1 aromatic heterocycles. The lowest BCUT2D eigenvalue weighted by molar-refractivity contribution is 0.0696. The zero-order valence-electron chi connectivity index (χ0n) is 12.2. The minimum Gasteiger partial charge on any atom is -0.478 e. The molecule has 1 aliphatic heterocycles. The van der Waals surface area contributed by atoms with E-state index in [9.17, 15) is 4.79 Å². The van der Waals surface area contributed by atoms with E-state index in [-0.39, 0.29) is 5.56 Å². The van der Waals surface area contributed by atoms with Gasteiger partial charge in [-0.15, -0.1) is 0 Å². The Morgan fingerprint density at radius 3 is 2.40 bits per heavy atom. The molecule has 2 rings (SSSR count). The number of nitrogens with zero attached hydrogens (tertiary/aromatic N) is 3. The zero-order valence-corrected chi connectivity index (χ0v) is 12.2. The molecule has 110 valence electrons. The van der Waals surface area contributed by atoms with Crippen LogP contribution in [0.5, 0.6) is 0 Å². The van der Waals surface area contributed by atoms with Gasteiger partial charge in [0.25, 0.3) is 0 Å². The second kappa shape index (κ2) is 6.81. The summed E-state index contributed by atoms with van der Waals surface area (Å²) in [7, 11) is 0. The maximum Gasteiger partial charge on any atom is 0.337 e. The molecule has 0 atom stereocenters. The summed E-state index contributed by atoms with van der Waals surface area (Å²) in [6.07, 6.45) is 1.44. The number of piperazine rings is 1. The number of hydrogen-bond donors (Lipinski definition) is 1. The molecule has 0 bridgehead atoms. The summed E-state index contributed by atoms with van der Waals surface area (Å²) in [6.45, 7) is 10.8. The molecular formula is C15H23N3O2. The van der Waals surface area contributed by atoms with E-state index >= 15 is 0 Å². The monoisotopic (exact) mass is 277 g/mol. The van der Waals surface area contributed by atoms with Gasteiger partial charge in [-0.1, -0.05) is 13.8 Å². The highest BCUT2D eigenvalue weighted by Gasteiger charge is 2.17. The van der Waals surface area contributed by atoms with Crippen LogP contribution in [0.4, 0.5) is 0 Å². The van der Waals surface area contributed by atoms with Gasteiger partial charge in [0.05, 0.1) is 11.3 Å². The highest BCUT2D eigenvalue weighted by molar-refractivity contribution is 5.87. The Hall–Kier alpha value is -1.46. The van der Waals surface area contributed by atoms with E-state index in [2.05, 4.69) is 28.6 Å². The van der Waals surface area contributed by atoms with Gasteiger partial charge in [-0.25, -0.2) is 4.79 Å². The molecular weight excluding hydrogens is 254 g/mol. The standard InChI is InChI=1S/C15H23N3O2/c1-12(2)10-17-5-7-18(8-6-17)11-14-4-3-13(9-16-14)15(19)20/h3-4,9,12H,5-8,10-11H2,1-2H3,(H,19,20). The molecule has 1 N–H and O–H groups in total. The molecule has 0 unspecified atom stereocenters. The van der Waals surface area contributed by atoms with Crippen molar-refractivity contribution < 1.29 is 9.90 Å². The van der Waals surface area contributed by atoms with Crippen LogP contribution >= 0.6 is 0 Å². The quantitative estimate of drug-likeness (QED) is 0.885. The van der Waals surface area contributed by atoms with E-state index in [1.165, 1.54) is 12.7 Å². The van der Waals surface area contributed by atoms with Crippen LogP contribution < -0.4 is 0 Å². The van der Waals surface area contributed by atoms with Crippen LogP contribution in [0, 0.1) is 5.92 Å². The molecule has 1 fully saturated rings. The first kappa shape index (κ1) is 14.9. The lowest BCUT2D eigenvalue weighted by Gasteiger charge is -2.35. The van der Waals surface area contributed by atoms with Crippen molar-refractivity contribution in [2.45, 2.75) is 20.4 Å². The van der Waals surface area contributed by atoms with E-state index in [1.54, 1.807) is 6.07 Å². The van der Waals surface area contributed by atoms with Gasteiger partial charge in [-0.3, -0.25) is 9.88 Å². The van der Waals surface area contributed by atoms with Crippen LogP contribution in [0.1, 0.15) is 29.9 Å². The van der Waals surface area contributed by atoms with Gasteiger partial charge in [0.1, 0.15) is 0 Å². The zero-order chi connectivity index (χ0) is 14.5. The van der Waals surface area contributed by atoms with Crippen molar-refractivity contribution in [3.05, 3.63) is 29.6 Å². The maximum absolute atomic E-state index is 10.8. The minimum absolute atomic E-state index is 0.246. The van der Waals surface area contributed by atoms with Crippen molar-refractivity contribution >= 4 is 5.97 Å². The molecule has 5 heteroatoms. The van der Waals surface area contributed by atoms with E-state index in [1.807, 2.05) is 6.07 Å².